The molecular weight excluding hydrogens is 478 g/mol. The maximum atomic E-state index is 5.91. The summed E-state index contributed by atoms with van der Waals surface area (Å²) in [7, 11) is 5.81. The van der Waals surface area contributed by atoms with Crippen LogP contribution in [0.25, 0.3) is 5.69 Å². The van der Waals surface area contributed by atoms with Crippen LogP contribution in [-0.2, 0) is 6.54 Å². The van der Waals surface area contributed by atoms with Crippen LogP contribution in [0.5, 0.6) is 5.75 Å². The minimum atomic E-state index is -0.0583. The van der Waals surface area contributed by atoms with Crippen molar-refractivity contribution in [2.75, 3.05) is 26.1 Å². The lowest BCUT2D eigenvalue weighted by atomic mass is 9.96. The van der Waals surface area contributed by atoms with Gasteiger partial charge >= 0.3 is 0 Å². The van der Waals surface area contributed by atoms with Gasteiger partial charge in [0.05, 0.1) is 24.9 Å². The Kier molecular flexibility index (Phi) is 6.89. The fraction of sp³-hybridized carbons (Fsp3) is 0.267. The molecule has 0 bridgehead atoms. The van der Waals surface area contributed by atoms with Gasteiger partial charge in [-0.1, -0.05) is 18.2 Å². The Morgan fingerprint density at radius 1 is 1.00 bits per heavy atom. The van der Waals surface area contributed by atoms with Crippen LogP contribution < -0.4 is 15.0 Å². The molecule has 4 aromatic rings. The number of ether oxygens (including phenoxy) is 1. The summed E-state index contributed by atoms with van der Waals surface area (Å²) >= 11 is 5.91. The van der Waals surface area contributed by atoms with Crippen LogP contribution in [-0.4, -0.2) is 40.8 Å². The Bertz CT molecular complexity index is 1380. The van der Waals surface area contributed by atoms with Crippen molar-refractivity contribution >= 4 is 23.0 Å². The third kappa shape index (κ3) is 4.79. The zero-order valence-electron chi connectivity index (χ0n) is 22.0. The first-order valence-corrected chi connectivity index (χ1v) is 12.9. The third-order valence-electron chi connectivity index (χ3n) is 7.12. The number of hydrogen-bond donors (Lipinski definition) is 1. The number of methoxy groups -OCH3 is 1. The molecule has 1 aliphatic heterocycles. The summed E-state index contributed by atoms with van der Waals surface area (Å²) < 4.78 is 7.68. The zero-order valence-corrected chi connectivity index (χ0v) is 22.8. The number of thiocarbonyl (C=S) groups is 1. The number of pyridine rings is 1. The van der Waals surface area contributed by atoms with Crippen LogP contribution in [0.2, 0.25) is 0 Å². The summed E-state index contributed by atoms with van der Waals surface area (Å²) in [6.45, 7) is 5.05. The van der Waals surface area contributed by atoms with E-state index in [9.17, 15) is 0 Å². The zero-order chi connectivity index (χ0) is 26.1. The number of benzene rings is 2. The summed E-state index contributed by atoms with van der Waals surface area (Å²) in [5.74, 6) is 0.845. The fourth-order valence-electron chi connectivity index (χ4n) is 5.23. The lowest BCUT2D eigenvalue weighted by Crippen LogP contribution is -2.29. The molecule has 2 aromatic heterocycles. The predicted octanol–water partition coefficient (Wildman–Crippen LogP) is 5.74. The van der Waals surface area contributed by atoms with Crippen molar-refractivity contribution in [3.8, 4) is 11.4 Å². The SMILES string of the molecule is COc1ccc(CN2C(=S)N[C@H](c3ccccn3)[C@@H]2c2cc(C)n(-c3ccc(N(C)C)cc3)c2C)cc1. The predicted molar refractivity (Wildman–Crippen MR) is 154 cm³/mol. The fourth-order valence-corrected chi connectivity index (χ4v) is 5.53. The molecule has 2 aromatic carbocycles. The average molecular weight is 512 g/mol. The van der Waals surface area contributed by atoms with Gasteiger partial charge in [0.2, 0.25) is 0 Å². The second kappa shape index (κ2) is 10.3. The molecule has 0 spiro atoms. The number of aryl methyl sites for hydroxylation is 1. The smallest absolute Gasteiger partial charge is 0.170 e. The number of rotatable bonds is 7. The van der Waals surface area contributed by atoms with Gasteiger partial charge in [-0.15, -0.1) is 0 Å². The van der Waals surface area contributed by atoms with Crippen LogP contribution in [0.1, 0.15) is 40.3 Å². The van der Waals surface area contributed by atoms with Crippen LogP contribution in [0.4, 0.5) is 5.69 Å². The van der Waals surface area contributed by atoms with Crippen LogP contribution in [0.3, 0.4) is 0 Å². The highest BCUT2D eigenvalue weighted by Crippen LogP contribution is 2.42. The van der Waals surface area contributed by atoms with Gasteiger partial charge in [0, 0.05) is 49.6 Å². The molecule has 1 fully saturated rings. The highest BCUT2D eigenvalue weighted by molar-refractivity contribution is 7.80. The molecular formula is C30H33N5OS. The first kappa shape index (κ1) is 24.8. The average Bonchev–Trinajstić information content (AvgIpc) is 3.39. The lowest BCUT2D eigenvalue weighted by Gasteiger charge is -2.28. The molecule has 190 valence electrons. The standard InChI is InChI=1S/C30H33N5OS/c1-20-18-26(21(2)35(20)24-13-11-23(12-14-24)33(3)4)29-28(27-8-6-7-17-31-27)32-30(37)34(29)19-22-9-15-25(36-5)16-10-22/h6-18,28-29H,19H2,1-5H3,(H,32,37)/t28-,29+/m1/s1. The number of hydrogen-bond acceptors (Lipinski definition) is 4. The summed E-state index contributed by atoms with van der Waals surface area (Å²) in [6.07, 6.45) is 1.85. The largest absolute Gasteiger partial charge is 0.497 e. The topological polar surface area (TPSA) is 45.6 Å². The van der Waals surface area contributed by atoms with E-state index in [1.54, 1.807) is 7.11 Å². The second-order valence-electron chi connectivity index (χ2n) is 9.68. The molecule has 0 amide bonds. The molecule has 2 atom stereocenters. The van der Waals surface area contributed by atoms with E-state index in [1.165, 1.54) is 28.2 Å². The van der Waals surface area contributed by atoms with Crippen molar-refractivity contribution in [3.05, 3.63) is 107 Å². The maximum Gasteiger partial charge on any atom is 0.170 e. The number of aromatic nitrogens is 2. The number of nitrogens with one attached hydrogen (secondary N) is 1. The van der Waals surface area contributed by atoms with Crippen molar-refractivity contribution in [3.63, 3.8) is 0 Å². The van der Waals surface area contributed by atoms with Crippen LogP contribution in [0.15, 0.2) is 79.0 Å². The monoisotopic (exact) mass is 511 g/mol. The Labute approximate surface area is 224 Å². The van der Waals surface area contributed by atoms with E-state index >= 15 is 0 Å². The van der Waals surface area contributed by atoms with Gasteiger partial charge in [0.25, 0.3) is 0 Å². The van der Waals surface area contributed by atoms with Gasteiger partial charge in [-0.25, -0.2) is 0 Å². The molecule has 6 nitrogen and oxygen atoms in total. The summed E-state index contributed by atoms with van der Waals surface area (Å²) in [6, 6.07) is 25.2. The molecule has 1 N–H and O–H groups in total. The third-order valence-corrected chi connectivity index (χ3v) is 7.48. The van der Waals surface area contributed by atoms with Crippen molar-refractivity contribution in [1.82, 2.24) is 19.8 Å². The van der Waals surface area contributed by atoms with E-state index in [-0.39, 0.29) is 12.1 Å². The van der Waals surface area contributed by atoms with E-state index in [4.69, 9.17) is 21.9 Å². The van der Waals surface area contributed by atoms with E-state index in [1.807, 2.05) is 30.5 Å². The molecule has 5 rings (SSSR count). The van der Waals surface area contributed by atoms with E-state index in [2.05, 4.69) is 96.2 Å². The molecule has 37 heavy (non-hydrogen) atoms. The maximum absolute atomic E-state index is 5.91. The summed E-state index contributed by atoms with van der Waals surface area (Å²) in [5, 5.41) is 4.32. The minimum absolute atomic E-state index is 0.00880. The molecule has 0 aliphatic carbocycles. The Morgan fingerprint density at radius 2 is 1.73 bits per heavy atom. The highest BCUT2D eigenvalue weighted by Gasteiger charge is 2.41. The van der Waals surface area contributed by atoms with Gasteiger partial charge < -0.3 is 24.4 Å². The minimum Gasteiger partial charge on any atom is -0.497 e. The number of anilines is 1. The van der Waals surface area contributed by atoms with Crippen molar-refractivity contribution in [2.24, 2.45) is 0 Å². The first-order valence-electron chi connectivity index (χ1n) is 12.4. The molecule has 0 radical (unpaired) electrons. The van der Waals surface area contributed by atoms with Gasteiger partial charge in [-0.05, 0) is 91.8 Å². The normalized spacial score (nSPS) is 17.1. The van der Waals surface area contributed by atoms with E-state index < -0.39 is 0 Å². The van der Waals surface area contributed by atoms with Gasteiger partial charge in [0.15, 0.2) is 5.11 Å². The second-order valence-corrected chi connectivity index (χ2v) is 10.1. The van der Waals surface area contributed by atoms with Crippen LogP contribution >= 0.6 is 12.2 Å². The van der Waals surface area contributed by atoms with E-state index in [0.29, 0.717) is 6.54 Å². The van der Waals surface area contributed by atoms with Gasteiger partial charge in [-0.2, -0.15) is 0 Å². The molecule has 7 heteroatoms. The number of nitrogens with zero attached hydrogens (tertiary/aromatic N) is 4. The Morgan fingerprint density at radius 3 is 2.35 bits per heavy atom. The van der Waals surface area contributed by atoms with Crippen molar-refractivity contribution in [2.45, 2.75) is 32.5 Å². The first-order chi connectivity index (χ1) is 17.9. The Balaban J connectivity index is 1.57. The lowest BCUT2D eigenvalue weighted by molar-refractivity contribution is 0.310. The summed E-state index contributed by atoms with van der Waals surface area (Å²) in [4.78, 5) is 9.11. The Hall–Kier alpha value is -3.84. The van der Waals surface area contributed by atoms with Crippen molar-refractivity contribution in [1.29, 1.82) is 0 Å². The van der Waals surface area contributed by atoms with Gasteiger partial charge in [0.1, 0.15) is 5.75 Å². The molecule has 3 heterocycles. The van der Waals surface area contributed by atoms with Crippen LogP contribution in [0, 0.1) is 13.8 Å². The van der Waals surface area contributed by atoms with E-state index in [0.717, 1.165) is 22.2 Å². The summed E-state index contributed by atoms with van der Waals surface area (Å²) in [5.41, 5.74) is 8.11. The molecule has 0 saturated carbocycles. The quantitative estimate of drug-likeness (QED) is 0.320. The van der Waals surface area contributed by atoms with Gasteiger partial charge in [-0.3, -0.25) is 4.98 Å². The molecule has 1 aliphatic rings. The molecule has 1 saturated heterocycles. The van der Waals surface area contributed by atoms with Crippen molar-refractivity contribution < 1.29 is 4.74 Å². The highest BCUT2D eigenvalue weighted by atomic mass is 32.1. The molecule has 0 unspecified atom stereocenters.